The molecule has 0 aliphatic heterocycles. The van der Waals surface area contributed by atoms with Gasteiger partial charge >= 0.3 is 120 Å². The predicted octanol–water partition coefficient (Wildman–Crippen LogP) is 2.53. The average molecular weight is 305 g/mol. The molecule has 1 N–H and O–H groups in total. The summed E-state index contributed by atoms with van der Waals surface area (Å²) in [5, 5.41) is 1.64. The molecule has 7 heteroatoms. The van der Waals surface area contributed by atoms with E-state index in [4.69, 9.17) is 18.4 Å². The second-order valence-electron chi connectivity index (χ2n) is 4.22. The summed E-state index contributed by atoms with van der Waals surface area (Å²) in [7, 11) is 0.0700. The van der Waals surface area contributed by atoms with Crippen molar-refractivity contribution in [2.75, 3.05) is 27.3 Å². The zero-order valence-electron chi connectivity index (χ0n) is 12.5. The van der Waals surface area contributed by atoms with Gasteiger partial charge in [-0.15, -0.1) is 0 Å². The standard InChI is InChI=1S/C13H24NO5P/c1-5-17-20(15,18-6-2)19-13-9-7-12(8-10-13)11-16-14(3)4/h7-10,15,20H,5-6,11H2,1-4H3. The first-order chi connectivity index (χ1) is 9.49. The average Bonchev–Trinajstić information content (AvgIpc) is 2.38. The number of hydrogen-bond donors (Lipinski definition) is 1. The van der Waals surface area contributed by atoms with Crippen molar-refractivity contribution in [1.82, 2.24) is 5.06 Å². The number of benzene rings is 1. The van der Waals surface area contributed by atoms with Crippen molar-refractivity contribution in [2.24, 2.45) is 0 Å². The summed E-state index contributed by atoms with van der Waals surface area (Å²) < 4.78 is 15.9. The van der Waals surface area contributed by atoms with Gasteiger partial charge in [-0.05, 0) is 0 Å². The topological polar surface area (TPSA) is 60.4 Å². The third kappa shape index (κ3) is 6.13. The van der Waals surface area contributed by atoms with Crippen LogP contribution in [0.15, 0.2) is 24.3 Å². The van der Waals surface area contributed by atoms with Crippen LogP contribution in [0, 0.1) is 0 Å². The van der Waals surface area contributed by atoms with Crippen molar-refractivity contribution in [3.63, 3.8) is 0 Å². The summed E-state index contributed by atoms with van der Waals surface area (Å²) in [4.78, 5) is 15.5. The molecule has 0 aromatic heterocycles. The third-order valence-electron chi connectivity index (χ3n) is 2.31. The quantitative estimate of drug-likeness (QED) is 0.559. The van der Waals surface area contributed by atoms with Crippen LogP contribution in [0.5, 0.6) is 5.75 Å². The van der Waals surface area contributed by atoms with Crippen LogP contribution in [0.1, 0.15) is 19.4 Å². The van der Waals surface area contributed by atoms with Crippen LogP contribution >= 0.6 is 8.17 Å². The van der Waals surface area contributed by atoms with E-state index in [2.05, 4.69) is 0 Å². The number of hydroxylamine groups is 2. The second kappa shape index (κ2) is 8.52. The van der Waals surface area contributed by atoms with E-state index in [0.29, 0.717) is 25.6 Å². The van der Waals surface area contributed by atoms with Crippen molar-refractivity contribution >= 4 is 8.17 Å². The van der Waals surface area contributed by atoms with Crippen LogP contribution in [-0.4, -0.2) is 37.3 Å². The van der Waals surface area contributed by atoms with Crippen LogP contribution in [0.2, 0.25) is 0 Å². The van der Waals surface area contributed by atoms with E-state index in [0.717, 1.165) is 5.56 Å². The molecule has 20 heavy (non-hydrogen) atoms. The summed E-state index contributed by atoms with van der Waals surface area (Å²) >= 11 is 0. The van der Waals surface area contributed by atoms with Crippen LogP contribution in [0.4, 0.5) is 0 Å². The van der Waals surface area contributed by atoms with Gasteiger partial charge in [0, 0.05) is 0 Å². The Morgan fingerprint density at radius 1 is 1.05 bits per heavy atom. The van der Waals surface area contributed by atoms with Crippen LogP contribution < -0.4 is 4.52 Å². The minimum absolute atomic E-state index is 0.331. The molecular weight excluding hydrogens is 281 g/mol. The third-order valence-corrected chi connectivity index (χ3v) is 4.11. The molecule has 1 aromatic carbocycles. The zero-order chi connectivity index (χ0) is 15.0. The molecular formula is C13H24NO5P. The molecule has 0 spiro atoms. The Morgan fingerprint density at radius 3 is 2.05 bits per heavy atom. The predicted molar refractivity (Wildman–Crippen MR) is 79.3 cm³/mol. The van der Waals surface area contributed by atoms with Gasteiger partial charge in [-0.3, -0.25) is 0 Å². The molecule has 0 atom stereocenters. The van der Waals surface area contributed by atoms with Gasteiger partial charge in [-0.25, -0.2) is 0 Å². The van der Waals surface area contributed by atoms with Gasteiger partial charge in [0.1, 0.15) is 0 Å². The number of rotatable bonds is 9. The normalized spacial score (nSPS) is 12.7. The van der Waals surface area contributed by atoms with E-state index in [1.165, 1.54) is 0 Å². The van der Waals surface area contributed by atoms with Gasteiger partial charge in [0.05, 0.1) is 0 Å². The fourth-order valence-electron chi connectivity index (χ4n) is 1.47. The summed E-state index contributed by atoms with van der Waals surface area (Å²) in [6.07, 6.45) is 0. The van der Waals surface area contributed by atoms with Gasteiger partial charge in [-0.1, -0.05) is 0 Å². The minimum atomic E-state index is -3.58. The summed E-state index contributed by atoms with van der Waals surface area (Å²) in [5.41, 5.74) is 1.00. The molecule has 0 unspecified atom stereocenters. The molecule has 1 aromatic rings. The molecule has 0 bridgehead atoms. The molecule has 1 rings (SSSR count). The van der Waals surface area contributed by atoms with Crippen LogP contribution in [0.25, 0.3) is 0 Å². The van der Waals surface area contributed by atoms with E-state index in [1.54, 1.807) is 31.0 Å². The Labute approximate surface area is 120 Å². The summed E-state index contributed by atoms with van der Waals surface area (Å²) in [6, 6.07) is 7.24. The van der Waals surface area contributed by atoms with Gasteiger partial charge in [0.15, 0.2) is 0 Å². The van der Waals surface area contributed by atoms with E-state index in [1.807, 2.05) is 26.2 Å². The molecule has 0 amide bonds. The SMILES string of the molecule is CCO[PH](O)(OCC)Oc1ccc(CON(C)C)cc1. The van der Waals surface area contributed by atoms with Crippen molar-refractivity contribution < 1.29 is 23.3 Å². The maximum atomic E-state index is 10.2. The Balaban J connectivity index is 2.63. The van der Waals surface area contributed by atoms with Crippen LogP contribution in [0.3, 0.4) is 0 Å². The Bertz CT molecular complexity index is 379. The zero-order valence-corrected chi connectivity index (χ0v) is 13.5. The molecule has 116 valence electrons. The van der Waals surface area contributed by atoms with Crippen molar-refractivity contribution in [3.05, 3.63) is 29.8 Å². The Morgan fingerprint density at radius 2 is 1.60 bits per heavy atom. The Kier molecular flexibility index (Phi) is 7.37. The van der Waals surface area contributed by atoms with Gasteiger partial charge < -0.3 is 0 Å². The fourth-order valence-corrected chi connectivity index (χ4v) is 2.84. The fraction of sp³-hybridized carbons (Fsp3) is 0.538. The monoisotopic (exact) mass is 305 g/mol. The first kappa shape index (κ1) is 17.3. The van der Waals surface area contributed by atoms with Crippen molar-refractivity contribution in [3.8, 4) is 5.75 Å². The molecule has 0 aliphatic rings. The van der Waals surface area contributed by atoms with E-state index >= 15 is 0 Å². The van der Waals surface area contributed by atoms with E-state index < -0.39 is 8.17 Å². The van der Waals surface area contributed by atoms with E-state index in [-0.39, 0.29) is 0 Å². The van der Waals surface area contributed by atoms with Crippen LogP contribution in [-0.2, 0) is 20.5 Å². The molecule has 0 aliphatic carbocycles. The van der Waals surface area contributed by atoms with Gasteiger partial charge in [-0.2, -0.15) is 0 Å². The van der Waals surface area contributed by atoms with Gasteiger partial charge in [0.2, 0.25) is 0 Å². The first-order valence-corrected chi connectivity index (χ1v) is 8.24. The molecule has 0 fully saturated rings. The number of nitrogens with zero attached hydrogens (tertiary/aromatic N) is 1. The number of hydrogen-bond acceptors (Lipinski definition) is 6. The Hall–Kier alpha value is -0.750. The molecule has 0 saturated carbocycles. The van der Waals surface area contributed by atoms with Crippen molar-refractivity contribution in [1.29, 1.82) is 0 Å². The summed E-state index contributed by atoms with van der Waals surface area (Å²) in [6.45, 7) is 4.70. The molecule has 6 nitrogen and oxygen atoms in total. The first-order valence-electron chi connectivity index (χ1n) is 6.57. The van der Waals surface area contributed by atoms with Gasteiger partial charge in [0.25, 0.3) is 0 Å². The molecule has 0 radical (unpaired) electrons. The summed E-state index contributed by atoms with van der Waals surface area (Å²) in [5.74, 6) is 0.509. The van der Waals surface area contributed by atoms with E-state index in [9.17, 15) is 4.89 Å². The molecule has 0 saturated heterocycles. The van der Waals surface area contributed by atoms with Crippen molar-refractivity contribution in [2.45, 2.75) is 20.5 Å². The second-order valence-corrected chi connectivity index (χ2v) is 6.05. The molecule has 0 heterocycles. The maximum absolute atomic E-state index is 10.2.